The third-order valence-electron chi connectivity index (χ3n) is 3.26. The van der Waals surface area contributed by atoms with Gasteiger partial charge in [-0.1, -0.05) is 0 Å². The highest BCUT2D eigenvalue weighted by Gasteiger charge is 2.20. The van der Waals surface area contributed by atoms with Crippen molar-refractivity contribution in [3.63, 3.8) is 0 Å². The third kappa shape index (κ3) is 2.63. The Morgan fingerprint density at radius 1 is 1.35 bits per heavy atom. The van der Waals surface area contributed by atoms with E-state index < -0.39 is 5.82 Å². The monoisotopic (exact) mass is 378 g/mol. The summed E-state index contributed by atoms with van der Waals surface area (Å²) in [6.07, 6.45) is 4.06. The first-order valence-electron chi connectivity index (χ1n) is 6.55. The maximum Gasteiger partial charge on any atom is 0.328 e. The molecular weight excluding hydrogens is 367 g/mol. The average molecular weight is 379 g/mol. The number of anilines is 1. The number of fused-ring (bicyclic) bond motifs is 1. The van der Waals surface area contributed by atoms with Gasteiger partial charge in [0.25, 0.3) is 0 Å². The predicted molar refractivity (Wildman–Crippen MR) is 87.3 cm³/mol. The molecule has 0 aliphatic rings. The number of hydrogen-bond acceptors (Lipinski definition) is 5. The van der Waals surface area contributed by atoms with Crippen LogP contribution in [0, 0.1) is 5.82 Å². The van der Waals surface area contributed by atoms with E-state index >= 15 is 0 Å². The lowest BCUT2D eigenvalue weighted by Gasteiger charge is -2.11. The third-order valence-corrected chi connectivity index (χ3v) is 3.70. The Bertz CT molecular complexity index is 923. The molecule has 9 heteroatoms. The molecular formula is C14H12BrFN6O. The summed E-state index contributed by atoms with van der Waals surface area (Å²) in [4.78, 5) is 25.5. The van der Waals surface area contributed by atoms with E-state index in [1.807, 2.05) is 0 Å². The topological polar surface area (TPSA) is 89.9 Å². The molecule has 0 saturated carbocycles. The Morgan fingerprint density at radius 3 is 2.78 bits per heavy atom. The van der Waals surface area contributed by atoms with Crippen LogP contribution in [-0.4, -0.2) is 44.5 Å². The first-order chi connectivity index (χ1) is 10.9. The molecule has 3 heterocycles. The molecule has 0 spiro atoms. The van der Waals surface area contributed by atoms with Crippen LogP contribution in [0.4, 0.5) is 15.1 Å². The molecule has 118 valence electrons. The second-order valence-electron chi connectivity index (χ2n) is 5.04. The van der Waals surface area contributed by atoms with Crippen molar-refractivity contribution in [1.29, 1.82) is 0 Å². The predicted octanol–water partition coefficient (Wildman–Crippen LogP) is 2.51. The molecule has 2 N–H and O–H groups in total. The van der Waals surface area contributed by atoms with Gasteiger partial charge in [0.1, 0.15) is 10.3 Å². The fraction of sp³-hybridized carbons (Fsp3) is 0.143. The number of hydrogen-bond donors (Lipinski definition) is 1. The fourth-order valence-electron chi connectivity index (χ4n) is 2.23. The molecule has 0 unspecified atom stereocenters. The van der Waals surface area contributed by atoms with E-state index in [-0.39, 0.29) is 17.7 Å². The summed E-state index contributed by atoms with van der Waals surface area (Å²) in [7, 11) is 3.26. The number of nitrogens with two attached hydrogens (primary N) is 1. The number of carbonyl (C=O) groups is 1. The van der Waals surface area contributed by atoms with E-state index in [1.54, 1.807) is 20.2 Å². The lowest BCUT2D eigenvalue weighted by atomic mass is 10.1. The number of nitrogens with zero attached hydrogens (tertiary/aromatic N) is 5. The molecule has 1 amide bonds. The number of pyridine rings is 1. The van der Waals surface area contributed by atoms with Gasteiger partial charge in [0, 0.05) is 31.2 Å². The van der Waals surface area contributed by atoms with E-state index in [1.165, 1.54) is 21.9 Å². The molecule has 3 aromatic rings. The zero-order chi connectivity index (χ0) is 16.7. The Hall–Kier alpha value is -2.55. The van der Waals surface area contributed by atoms with Crippen molar-refractivity contribution in [2.75, 3.05) is 19.8 Å². The first kappa shape index (κ1) is 15.3. The molecule has 23 heavy (non-hydrogen) atoms. The zero-order valence-electron chi connectivity index (χ0n) is 12.3. The maximum atomic E-state index is 14.1. The van der Waals surface area contributed by atoms with Crippen LogP contribution in [0.2, 0.25) is 0 Å². The van der Waals surface area contributed by atoms with Gasteiger partial charge < -0.3 is 10.6 Å². The Labute approximate surface area is 139 Å². The molecule has 3 rings (SSSR count). The molecule has 0 atom stereocenters. The van der Waals surface area contributed by atoms with Crippen LogP contribution < -0.4 is 5.73 Å². The average Bonchev–Trinajstić information content (AvgIpc) is 2.87. The van der Waals surface area contributed by atoms with Gasteiger partial charge in [0.2, 0.25) is 5.95 Å². The number of rotatable bonds is 1. The number of aromatic nitrogens is 4. The molecule has 0 aliphatic carbocycles. The van der Waals surface area contributed by atoms with Crippen LogP contribution in [0.3, 0.4) is 0 Å². The molecule has 0 aromatic carbocycles. The number of halogens is 2. The molecule has 0 saturated heterocycles. The van der Waals surface area contributed by atoms with E-state index in [0.29, 0.717) is 21.1 Å². The lowest BCUT2D eigenvalue weighted by Crippen LogP contribution is -2.26. The Morgan fingerprint density at radius 2 is 2.09 bits per heavy atom. The van der Waals surface area contributed by atoms with Crippen molar-refractivity contribution in [3.8, 4) is 11.3 Å². The van der Waals surface area contributed by atoms with Crippen molar-refractivity contribution in [3.05, 3.63) is 35.1 Å². The summed E-state index contributed by atoms with van der Waals surface area (Å²) in [5.74, 6) is -0.669. The largest absolute Gasteiger partial charge is 0.368 e. The SMILES string of the molecule is CN(C)C(=O)n1cc(-c2nc(N)ncc2F)c2cc(Br)ncc21. The van der Waals surface area contributed by atoms with Gasteiger partial charge >= 0.3 is 6.03 Å². The molecule has 0 fully saturated rings. The summed E-state index contributed by atoms with van der Waals surface area (Å²) >= 11 is 3.28. The van der Waals surface area contributed by atoms with Gasteiger partial charge in [-0.25, -0.2) is 24.1 Å². The van der Waals surface area contributed by atoms with Crippen LogP contribution >= 0.6 is 15.9 Å². The van der Waals surface area contributed by atoms with Crippen molar-refractivity contribution in [1.82, 2.24) is 24.4 Å². The summed E-state index contributed by atoms with van der Waals surface area (Å²) in [6, 6.07) is 1.41. The number of carbonyl (C=O) groups excluding carboxylic acids is 1. The van der Waals surface area contributed by atoms with Gasteiger partial charge in [0.15, 0.2) is 5.82 Å². The fourth-order valence-corrected chi connectivity index (χ4v) is 2.56. The van der Waals surface area contributed by atoms with Crippen molar-refractivity contribution in [2.45, 2.75) is 0 Å². The Balaban J connectivity index is 2.35. The van der Waals surface area contributed by atoms with Crippen LogP contribution in [0.25, 0.3) is 22.2 Å². The summed E-state index contributed by atoms with van der Waals surface area (Å²) in [5, 5.41) is 0.624. The summed E-state index contributed by atoms with van der Waals surface area (Å²) < 4.78 is 16.1. The smallest absolute Gasteiger partial charge is 0.328 e. The van der Waals surface area contributed by atoms with Crippen LogP contribution in [0.1, 0.15) is 0 Å². The minimum atomic E-state index is -0.622. The molecule has 0 bridgehead atoms. The second kappa shape index (κ2) is 5.58. The van der Waals surface area contributed by atoms with Crippen LogP contribution in [0.15, 0.2) is 29.3 Å². The molecule has 0 aliphatic heterocycles. The van der Waals surface area contributed by atoms with Gasteiger partial charge in [-0.15, -0.1) is 0 Å². The quantitative estimate of drug-likeness (QED) is 0.657. The van der Waals surface area contributed by atoms with E-state index in [2.05, 4.69) is 30.9 Å². The lowest BCUT2D eigenvalue weighted by molar-refractivity contribution is 0.220. The van der Waals surface area contributed by atoms with Crippen molar-refractivity contribution >= 4 is 38.8 Å². The standard InChI is InChI=1S/C14H12BrFN6O/c1-21(2)14(23)22-6-8(7-3-11(15)18-5-10(7)22)12-9(16)4-19-13(17)20-12/h3-6H,1-2H3,(H2,17,19,20). The molecule has 3 aromatic heterocycles. The van der Waals surface area contributed by atoms with Crippen molar-refractivity contribution in [2.24, 2.45) is 0 Å². The van der Waals surface area contributed by atoms with E-state index in [4.69, 9.17) is 5.73 Å². The highest BCUT2D eigenvalue weighted by Crippen LogP contribution is 2.32. The normalized spacial score (nSPS) is 11.0. The number of nitrogen functional groups attached to an aromatic ring is 1. The Kier molecular flexibility index (Phi) is 3.72. The van der Waals surface area contributed by atoms with Gasteiger partial charge in [-0.3, -0.25) is 4.57 Å². The van der Waals surface area contributed by atoms with Crippen LogP contribution in [0.5, 0.6) is 0 Å². The van der Waals surface area contributed by atoms with Gasteiger partial charge in [0.05, 0.1) is 17.9 Å². The summed E-state index contributed by atoms with van der Waals surface area (Å²) in [5.41, 5.74) is 6.57. The second-order valence-corrected chi connectivity index (χ2v) is 5.85. The first-order valence-corrected chi connectivity index (χ1v) is 7.34. The highest BCUT2D eigenvalue weighted by atomic mass is 79.9. The zero-order valence-corrected chi connectivity index (χ0v) is 13.9. The molecule has 0 radical (unpaired) electrons. The molecule has 7 nitrogen and oxygen atoms in total. The van der Waals surface area contributed by atoms with Crippen LogP contribution in [-0.2, 0) is 0 Å². The highest BCUT2D eigenvalue weighted by molar-refractivity contribution is 9.10. The summed E-state index contributed by atoms with van der Waals surface area (Å²) in [6.45, 7) is 0. The maximum absolute atomic E-state index is 14.1. The van der Waals surface area contributed by atoms with E-state index in [0.717, 1.165) is 6.20 Å². The minimum Gasteiger partial charge on any atom is -0.368 e. The van der Waals surface area contributed by atoms with Crippen molar-refractivity contribution < 1.29 is 9.18 Å². The van der Waals surface area contributed by atoms with Gasteiger partial charge in [-0.2, -0.15) is 0 Å². The van der Waals surface area contributed by atoms with E-state index in [9.17, 15) is 9.18 Å². The minimum absolute atomic E-state index is 0.0332. The van der Waals surface area contributed by atoms with Gasteiger partial charge in [-0.05, 0) is 22.0 Å². The number of amides is 1.